The van der Waals surface area contributed by atoms with E-state index in [1.54, 1.807) is 0 Å². The predicted octanol–water partition coefficient (Wildman–Crippen LogP) is 4.98. The fourth-order valence-corrected chi connectivity index (χ4v) is 5.25. The highest BCUT2D eigenvalue weighted by molar-refractivity contribution is 7.90. The topological polar surface area (TPSA) is 51.1 Å². The molecule has 1 aliphatic rings. The minimum atomic E-state index is -3.14. The van der Waals surface area contributed by atoms with Crippen LogP contribution >= 0.6 is 0 Å². The molecule has 1 aromatic heterocycles. The lowest BCUT2D eigenvalue weighted by Crippen LogP contribution is -2.30. The molecule has 0 amide bonds. The zero-order chi connectivity index (χ0) is 20.6. The van der Waals surface area contributed by atoms with Crippen molar-refractivity contribution in [3.05, 3.63) is 60.3 Å². The van der Waals surface area contributed by atoms with Crippen molar-refractivity contribution in [2.75, 3.05) is 6.54 Å². The molecule has 0 aliphatic heterocycles. The molecule has 4 nitrogen and oxygen atoms in total. The Labute approximate surface area is 174 Å². The smallest absolute Gasteiger partial charge is 0.214 e. The third kappa shape index (κ3) is 4.73. The average Bonchev–Trinajstić information content (AvgIpc) is 3.47. The molecular formula is C24H30N2O2S. The van der Waals surface area contributed by atoms with Crippen molar-refractivity contribution in [1.82, 2.24) is 9.29 Å². The lowest BCUT2D eigenvalue weighted by Gasteiger charge is -2.17. The Hall–Kier alpha value is -2.11. The molecule has 3 aromatic rings. The van der Waals surface area contributed by atoms with E-state index in [1.807, 2.05) is 6.07 Å². The molecule has 0 unspecified atom stereocenters. The Morgan fingerprint density at radius 1 is 1.03 bits per heavy atom. The zero-order valence-electron chi connectivity index (χ0n) is 17.5. The predicted molar refractivity (Wildman–Crippen MR) is 120 cm³/mol. The Bertz CT molecular complexity index is 1100. The van der Waals surface area contributed by atoms with Crippen LogP contribution in [-0.4, -0.2) is 24.8 Å². The molecule has 1 aliphatic carbocycles. The van der Waals surface area contributed by atoms with E-state index >= 15 is 0 Å². The first-order valence-corrected chi connectivity index (χ1v) is 11.9. The summed E-state index contributed by atoms with van der Waals surface area (Å²) in [5.41, 5.74) is 5.07. The van der Waals surface area contributed by atoms with Crippen molar-refractivity contribution in [3.8, 4) is 11.1 Å². The van der Waals surface area contributed by atoms with E-state index in [9.17, 15) is 8.42 Å². The third-order valence-corrected chi connectivity index (χ3v) is 7.37. The number of benzene rings is 2. The summed E-state index contributed by atoms with van der Waals surface area (Å²) in [6, 6.07) is 17.0. The van der Waals surface area contributed by atoms with Crippen LogP contribution < -0.4 is 4.72 Å². The van der Waals surface area contributed by atoms with Gasteiger partial charge in [0.15, 0.2) is 0 Å². The second-order valence-electron chi connectivity index (χ2n) is 9.32. The summed E-state index contributed by atoms with van der Waals surface area (Å²) in [6.45, 7) is 7.82. The Morgan fingerprint density at radius 3 is 2.41 bits per heavy atom. The first-order valence-electron chi connectivity index (χ1n) is 10.4. The monoisotopic (exact) mass is 410 g/mol. The quantitative estimate of drug-likeness (QED) is 0.597. The second-order valence-corrected chi connectivity index (χ2v) is 11.4. The zero-order valence-corrected chi connectivity index (χ0v) is 18.3. The molecule has 29 heavy (non-hydrogen) atoms. The Morgan fingerprint density at radius 2 is 1.76 bits per heavy atom. The van der Waals surface area contributed by atoms with Crippen LogP contribution in [0, 0.1) is 5.41 Å². The SMILES string of the molecule is CC(C)(C)Cc1cn(CCNS(=O)(=O)C2CC2)c2ccc(-c3ccccc3)cc12. The summed E-state index contributed by atoms with van der Waals surface area (Å²) in [5.74, 6) is 0. The van der Waals surface area contributed by atoms with Crippen molar-refractivity contribution >= 4 is 20.9 Å². The number of nitrogens with one attached hydrogen (secondary N) is 1. The standard InChI is InChI=1S/C24H30N2O2S/c1-24(2,3)16-20-17-26(14-13-25-29(27,28)21-10-11-21)23-12-9-19(15-22(20)23)18-7-5-4-6-8-18/h4-9,12,15,17,21,25H,10-11,13-14,16H2,1-3H3. The summed E-state index contributed by atoms with van der Waals surface area (Å²) >= 11 is 0. The second kappa shape index (κ2) is 7.62. The molecule has 1 heterocycles. The van der Waals surface area contributed by atoms with Gasteiger partial charge in [-0.15, -0.1) is 0 Å². The van der Waals surface area contributed by atoms with Crippen molar-refractivity contribution in [3.63, 3.8) is 0 Å². The van der Waals surface area contributed by atoms with Crippen LogP contribution in [0.2, 0.25) is 0 Å². The molecule has 0 spiro atoms. The number of sulfonamides is 1. The van der Waals surface area contributed by atoms with Crippen molar-refractivity contribution in [2.24, 2.45) is 5.41 Å². The van der Waals surface area contributed by atoms with Crippen LogP contribution in [0.15, 0.2) is 54.7 Å². The maximum Gasteiger partial charge on any atom is 0.214 e. The molecule has 0 atom stereocenters. The molecule has 0 bridgehead atoms. The van der Waals surface area contributed by atoms with Gasteiger partial charge >= 0.3 is 0 Å². The first kappa shape index (κ1) is 20.2. The van der Waals surface area contributed by atoms with E-state index < -0.39 is 10.0 Å². The van der Waals surface area contributed by atoms with E-state index in [-0.39, 0.29) is 10.7 Å². The van der Waals surface area contributed by atoms with Crippen LogP contribution in [-0.2, 0) is 23.0 Å². The van der Waals surface area contributed by atoms with Gasteiger partial charge in [0.2, 0.25) is 10.0 Å². The lowest BCUT2D eigenvalue weighted by atomic mass is 9.88. The molecule has 154 valence electrons. The van der Waals surface area contributed by atoms with E-state index in [4.69, 9.17) is 0 Å². The van der Waals surface area contributed by atoms with Crippen molar-refractivity contribution in [1.29, 1.82) is 0 Å². The molecule has 5 heteroatoms. The van der Waals surface area contributed by atoms with Crippen molar-refractivity contribution in [2.45, 2.75) is 51.8 Å². The summed E-state index contributed by atoms with van der Waals surface area (Å²) in [4.78, 5) is 0. The molecular weight excluding hydrogens is 380 g/mol. The van der Waals surface area contributed by atoms with Crippen molar-refractivity contribution < 1.29 is 8.42 Å². The highest BCUT2D eigenvalue weighted by atomic mass is 32.2. The summed E-state index contributed by atoms with van der Waals surface area (Å²) in [6.07, 6.45) is 4.76. The van der Waals surface area contributed by atoms with Gasteiger partial charge in [-0.2, -0.15) is 0 Å². The van der Waals surface area contributed by atoms with E-state index in [2.05, 4.69) is 78.7 Å². The van der Waals surface area contributed by atoms with Gasteiger partial charge in [-0.1, -0.05) is 57.2 Å². The number of hydrogen-bond acceptors (Lipinski definition) is 2. The highest BCUT2D eigenvalue weighted by Gasteiger charge is 2.35. The average molecular weight is 411 g/mol. The van der Waals surface area contributed by atoms with Gasteiger partial charge in [0.1, 0.15) is 0 Å². The van der Waals surface area contributed by atoms with Gasteiger partial charge in [-0.3, -0.25) is 0 Å². The minimum Gasteiger partial charge on any atom is -0.346 e. The van der Waals surface area contributed by atoms with Gasteiger partial charge in [0.05, 0.1) is 5.25 Å². The van der Waals surface area contributed by atoms with Crippen LogP contribution in [0.25, 0.3) is 22.0 Å². The number of hydrogen-bond donors (Lipinski definition) is 1. The fraction of sp³-hybridized carbons (Fsp3) is 0.417. The molecule has 4 rings (SSSR count). The molecule has 1 fully saturated rings. The summed E-state index contributed by atoms with van der Waals surface area (Å²) < 4.78 is 29.2. The van der Waals surface area contributed by atoms with Crippen LogP contribution in [0.1, 0.15) is 39.2 Å². The van der Waals surface area contributed by atoms with Gasteiger partial charge in [0, 0.05) is 30.2 Å². The highest BCUT2D eigenvalue weighted by Crippen LogP contribution is 2.32. The summed E-state index contributed by atoms with van der Waals surface area (Å²) in [7, 11) is -3.14. The summed E-state index contributed by atoms with van der Waals surface area (Å²) in [5, 5.41) is 1.08. The van der Waals surface area contributed by atoms with E-state index in [0.29, 0.717) is 13.1 Å². The molecule has 2 aromatic carbocycles. The Kier molecular flexibility index (Phi) is 5.30. The minimum absolute atomic E-state index is 0.172. The first-order chi connectivity index (χ1) is 13.7. The fourth-order valence-electron chi connectivity index (χ4n) is 3.88. The van der Waals surface area contributed by atoms with Crippen LogP contribution in [0.4, 0.5) is 0 Å². The van der Waals surface area contributed by atoms with Crippen LogP contribution in [0.3, 0.4) is 0 Å². The third-order valence-electron chi connectivity index (χ3n) is 5.41. The van der Waals surface area contributed by atoms with Gasteiger partial charge in [-0.25, -0.2) is 13.1 Å². The van der Waals surface area contributed by atoms with Gasteiger partial charge in [-0.05, 0) is 53.5 Å². The number of fused-ring (bicyclic) bond motifs is 1. The Balaban J connectivity index is 1.65. The van der Waals surface area contributed by atoms with Crippen LogP contribution in [0.5, 0.6) is 0 Å². The maximum atomic E-state index is 12.1. The molecule has 1 N–H and O–H groups in total. The van der Waals surface area contributed by atoms with E-state index in [0.717, 1.165) is 24.8 Å². The number of nitrogens with zero attached hydrogens (tertiary/aromatic N) is 1. The van der Waals surface area contributed by atoms with E-state index in [1.165, 1.54) is 22.1 Å². The lowest BCUT2D eigenvalue weighted by molar-refractivity contribution is 0.412. The van der Waals surface area contributed by atoms with Gasteiger partial charge < -0.3 is 4.57 Å². The molecule has 0 radical (unpaired) electrons. The number of rotatable bonds is 7. The molecule has 0 saturated heterocycles. The maximum absolute atomic E-state index is 12.1. The van der Waals surface area contributed by atoms with Gasteiger partial charge in [0.25, 0.3) is 0 Å². The molecule has 1 saturated carbocycles. The number of aromatic nitrogens is 1. The largest absolute Gasteiger partial charge is 0.346 e. The normalized spacial score (nSPS) is 15.1.